The molecule has 0 fully saturated rings. The van der Waals surface area contributed by atoms with Gasteiger partial charge >= 0.3 is 5.97 Å². The summed E-state index contributed by atoms with van der Waals surface area (Å²) in [5.41, 5.74) is 3.62. The van der Waals surface area contributed by atoms with Crippen LogP contribution in [0.25, 0.3) is 0 Å². The molecule has 0 radical (unpaired) electrons. The van der Waals surface area contributed by atoms with Crippen LogP contribution in [0.2, 0.25) is 0 Å². The van der Waals surface area contributed by atoms with Gasteiger partial charge in [-0.1, -0.05) is 31.5 Å². The van der Waals surface area contributed by atoms with Gasteiger partial charge in [0.25, 0.3) is 5.91 Å². The van der Waals surface area contributed by atoms with Crippen molar-refractivity contribution >= 4 is 18.1 Å². The lowest BCUT2D eigenvalue weighted by Gasteiger charge is -2.08. The molecule has 1 N–H and O–H groups in total. The fraction of sp³-hybridized carbons (Fsp3) is 0.192. The molecular formula is C26H26N2O5. The Hall–Kier alpha value is -4.13. The van der Waals surface area contributed by atoms with Crippen LogP contribution in [0.3, 0.4) is 0 Å². The van der Waals surface area contributed by atoms with Crippen molar-refractivity contribution in [2.24, 2.45) is 5.10 Å². The van der Waals surface area contributed by atoms with Crippen molar-refractivity contribution in [1.82, 2.24) is 5.43 Å². The van der Waals surface area contributed by atoms with Crippen LogP contribution in [0.4, 0.5) is 0 Å². The number of carbonyl (C=O) groups is 2. The molecule has 170 valence electrons. The largest absolute Gasteiger partial charge is 0.494 e. The second kappa shape index (κ2) is 12.7. The number of amides is 1. The number of hydrazone groups is 1. The predicted molar refractivity (Wildman–Crippen MR) is 126 cm³/mol. The first-order chi connectivity index (χ1) is 16.1. The van der Waals surface area contributed by atoms with E-state index in [1.807, 2.05) is 18.2 Å². The molecule has 3 aromatic carbocycles. The van der Waals surface area contributed by atoms with Gasteiger partial charge in [0.1, 0.15) is 17.2 Å². The Morgan fingerprint density at radius 1 is 0.848 bits per heavy atom. The number of carbonyl (C=O) groups excluding carboxylic acids is 2. The number of nitrogens with zero attached hydrogens (tertiary/aromatic N) is 1. The first-order valence-electron chi connectivity index (χ1n) is 10.7. The predicted octanol–water partition coefficient (Wildman–Crippen LogP) is 4.61. The van der Waals surface area contributed by atoms with Crippen LogP contribution in [0, 0.1) is 0 Å². The Bertz CT molecular complexity index is 1050. The van der Waals surface area contributed by atoms with Gasteiger partial charge in [0.15, 0.2) is 6.61 Å². The number of ether oxygens (including phenoxy) is 3. The van der Waals surface area contributed by atoms with Gasteiger partial charge in [0, 0.05) is 0 Å². The van der Waals surface area contributed by atoms with Gasteiger partial charge in [-0.25, -0.2) is 10.2 Å². The molecule has 0 aliphatic heterocycles. The van der Waals surface area contributed by atoms with Crippen LogP contribution < -0.4 is 19.6 Å². The van der Waals surface area contributed by atoms with E-state index in [2.05, 4.69) is 17.5 Å². The zero-order valence-electron chi connectivity index (χ0n) is 18.4. The molecule has 33 heavy (non-hydrogen) atoms. The summed E-state index contributed by atoms with van der Waals surface area (Å²) >= 11 is 0. The second-order valence-electron chi connectivity index (χ2n) is 7.08. The summed E-state index contributed by atoms with van der Waals surface area (Å²) in [6.45, 7) is 2.62. The van der Waals surface area contributed by atoms with Crippen LogP contribution in [-0.4, -0.2) is 31.3 Å². The highest BCUT2D eigenvalue weighted by molar-refractivity contribution is 5.91. The standard InChI is InChI=1S/C26H26N2O5/c1-2-3-17-31-22-13-15-23(16-14-22)32-19-25(29)28-27-18-20-9-11-24(12-10-20)33-26(30)21-7-5-4-6-8-21/h4-16,18H,2-3,17,19H2,1H3,(H,28,29)/b27-18-. The summed E-state index contributed by atoms with van der Waals surface area (Å²) in [6.07, 6.45) is 3.57. The highest BCUT2D eigenvalue weighted by atomic mass is 16.5. The van der Waals surface area contributed by atoms with Crippen LogP contribution in [0.15, 0.2) is 84.0 Å². The molecule has 7 nitrogen and oxygen atoms in total. The molecule has 0 aliphatic carbocycles. The van der Waals surface area contributed by atoms with Crippen LogP contribution in [-0.2, 0) is 4.79 Å². The summed E-state index contributed by atoms with van der Waals surface area (Å²) in [5, 5.41) is 3.92. The average molecular weight is 447 g/mol. The molecule has 0 saturated heterocycles. The Balaban J connectivity index is 1.39. The molecule has 0 aliphatic rings. The molecular weight excluding hydrogens is 420 g/mol. The SMILES string of the molecule is CCCCOc1ccc(OCC(=O)N/N=C\c2ccc(OC(=O)c3ccccc3)cc2)cc1. The van der Waals surface area contributed by atoms with Crippen molar-refractivity contribution < 1.29 is 23.8 Å². The van der Waals surface area contributed by atoms with E-state index in [4.69, 9.17) is 14.2 Å². The van der Waals surface area contributed by atoms with Crippen LogP contribution in [0.1, 0.15) is 35.7 Å². The van der Waals surface area contributed by atoms with Gasteiger partial charge in [0.2, 0.25) is 0 Å². The Kier molecular flexibility index (Phi) is 9.03. The van der Waals surface area contributed by atoms with E-state index in [0.29, 0.717) is 23.7 Å². The smallest absolute Gasteiger partial charge is 0.343 e. The summed E-state index contributed by atoms with van der Waals surface area (Å²) in [5.74, 6) is 0.939. The Morgan fingerprint density at radius 2 is 1.48 bits per heavy atom. The number of nitrogens with one attached hydrogen (secondary N) is 1. The topological polar surface area (TPSA) is 86.2 Å². The van der Waals surface area contributed by atoms with Crippen molar-refractivity contribution in [3.63, 3.8) is 0 Å². The van der Waals surface area contributed by atoms with Gasteiger partial charge in [-0.15, -0.1) is 0 Å². The van der Waals surface area contributed by atoms with Crippen molar-refractivity contribution in [2.45, 2.75) is 19.8 Å². The van der Waals surface area contributed by atoms with Crippen molar-refractivity contribution in [2.75, 3.05) is 13.2 Å². The van der Waals surface area contributed by atoms with E-state index in [1.165, 1.54) is 6.21 Å². The molecule has 0 heterocycles. The van der Waals surface area contributed by atoms with E-state index in [1.54, 1.807) is 60.7 Å². The number of esters is 1. The normalized spacial score (nSPS) is 10.6. The lowest BCUT2D eigenvalue weighted by molar-refractivity contribution is -0.123. The molecule has 1 amide bonds. The number of unbranched alkanes of at least 4 members (excludes halogenated alkanes) is 1. The third-order valence-corrected chi connectivity index (χ3v) is 4.46. The minimum Gasteiger partial charge on any atom is -0.494 e. The minimum atomic E-state index is -0.428. The van der Waals surface area contributed by atoms with Gasteiger partial charge in [-0.2, -0.15) is 5.10 Å². The van der Waals surface area contributed by atoms with E-state index in [0.717, 1.165) is 24.2 Å². The van der Waals surface area contributed by atoms with Crippen LogP contribution in [0.5, 0.6) is 17.2 Å². The van der Waals surface area contributed by atoms with Crippen LogP contribution >= 0.6 is 0 Å². The molecule has 0 saturated carbocycles. The van der Waals surface area contributed by atoms with Gasteiger partial charge in [-0.05, 0) is 72.6 Å². The zero-order valence-corrected chi connectivity index (χ0v) is 18.4. The maximum atomic E-state index is 12.1. The Labute approximate surface area is 193 Å². The number of benzene rings is 3. The molecule has 0 aromatic heterocycles. The van der Waals surface area contributed by atoms with Gasteiger partial charge in [0.05, 0.1) is 18.4 Å². The number of rotatable bonds is 11. The first-order valence-corrected chi connectivity index (χ1v) is 10.7. The number of hydrogen-bond acceptors (Lipinski definition) is 6. The molecule has 0 spiro atoms. The van der Waals surface area contributed by atoms with Gasteiger partial charge < -0.3 is 14.2 Å². The molecule has 3 aromatic rings. The third kappa shape index (κ3) is 8.14. The lowest BCUT2D eigenvalue weighted by Crippen LogP contribution is -2.24. The molecule has 7 heteroatoms. The summed E-state index contributed by atoms with van der Waals surface area (Å²) in [6, 6.07) is 22.6. The van der Waals surface area contributed by atoms with Crippen molar-refractivity contribution in [3.8, 4) is 17.2 Å². The van der Waals surface area contributed by atoms with E-state index >= 15 is 0 Å². The molecule has 0 atom stereocenters. The lowest BCUT2D eigenvalue weighted by atomic mass is 10.2. The summed E-state index contributed by atoms with van der Waals surface area (Å²) < 4.78 is 16.4. The maximum Gasteiger partial charge on any atom is 0.343 e. The fourth-order valence-electron chi connectivity index (χ4n) is 2.69. The molecule has 3 rings (SSSR count). The average Bonchev–Trinajstić information content (AvgIpc) is 2.85. The fourth-order valence-corrected chi connectivity index (χ4v) is 2.69. The van der Waals surface area contributed by atoms with E-state index < -0.39 is 5.97 Å². The van der Waals surface area contributed by atoms with E-state index in [9.17, 15) is 9.59 Å². The highest BCUT2D eigenvalue weighted by Crippen LogP contribution is 2.18. The highest BCUT2D eigenvalue weighted by Gasteiger charge is 2.07. The quantitative estimate of drug-likeness (QED) is 0.153. The molecule has 0 bridgehead atoms. The monoisotopic (exact) mass is 446 g/mol. The summed E-state index contributed by atoms with van der Waals surface area (Å²) in [7, 11) is 0. The van der Waals surface area contributed by atoms with Crippen molar-refractivity contribution in [1.29, 1.82) is 0 Å². The number of hydrogen-bond donors (Lipinski definition) is 1. The zero-order chi connectivity index (χ0) is 23.3. The van der Waals surface area contributed by atoms with Crippen molar-refractivity contribution in [3.05, 3.63) is 90.0 Å². The Morgan fingerprint density at radius 3 is 2.15 bits per heavy atom. The first kappa shape index (κ1) is 23.5. The minimum absolute atomic E-state index is 0.165. The third-order valence-electron chi connectivity index (χ3n) is 4.46. The second-order valence-corrected chi connectivity index (χ2v) is 7.08. The molecule has 0 unspecified atom stereocenters. The maximum absolute atomic E-state index is 12.1. The van der Waals surface area contributed by atoms with E-state index in [-0.39, 0.29) is 12.5 Å². The summed E-state index contributed by atoms with van der Waals surface area (Å²) in [4.78, 5) is 24.0. The van der Waals surface area contributed by atoms with Gasteiger partial charge in [-0.3, -0.25) is 4.79 Å².